The molecule has 3 aromatic rings. The summed E-state index contributed by atoms with van der Waals surface area (Å²) in [5, 5.41) is 1.25. The third-order valence-electron chi connectivity index (χ3n) is 6.35. The fraction of sp³-hybridized carbons (Fsp3) is 0.500. The number of aromatic nitrogens is 2. The van der Waals surface area contributed by atoms with Gasteiger partial charge in [-0.3, -0.25) is 4.79 Å². The van der Waals surface area contributed by atoms with Crippen molar-refractivity contribution < 1.29 is 9.21 Å². The molecule has 1 aromatic carbocycles. The molecular formula is C24H32N4O2. The van der Waals surface area contributed by atoms with E-state index >= 15 is 0 Å². The number of fused-ring (bicyclic) bond motifs is 1. The van der Waals surface area contributed by atoms with Gasteiger partial charge in [0.15, 0.2) is 11.5 Å². The van der Waals surface area contributed by atoms with E-state index in [-0.39, 0.29) is 5.78 Å². The Kier molecular flexibility index (Phi) is 6.23. The Bertz CT molecular complexity index is 992. The molecule has 3 heterocycles. The number of likely N-dealkylation sites (N-methyl/N-ethyl adjacent to an activating group) is 1. The number of oxazole rings is 1. The molecule has 1 fully saturated rings. The summed E-state index contributed by atoms with van der Waals surface area (Å²) in [7, 11) is 2.13. The van der Waals surface area contributed by atoms with Crippen LogP contribution in [0.4, 0.5) is 6.01 Å². The van der Waals surface area contributed by atoms with E-state index in [9.17, 15) is 4.79 Å². The number of para-hydroxylation sites is 1. The minimum Gasteiger partial charge on any atom is -0.420 e. The van der Waals surface area contributed by atoms with Crippen LogP contribution in [-0.4, -0.2) is 53.4 Å². The minimum absolute atomic E-state index is 0.0502. The number of aromatic amines is 1. The van der Waals surface area contributed by atoms with Gasteiger partial charge >= 0.3 is 0 Å². The van der Waals surface area contributed by atoms with Gasteiger partial charge in [0, 0.05) is 49.2 Å². The van der Waals surface area contributed by atoms with Crippen molar-refractivity contribution in [3.05, 3.63) is 48.0 Å². The number of Topliss-reactive ketones (excluding diaryl/α,β-unsaturated/α-hetero) is 1. The maximum absolute atomic E-state index is 13.0. The molecule has 1 N–H and O–H groups in total. The molecule has 0 radical (unpaired) electrons. The van der Waals surface area contributed by atoms with E-state index in [2.05, 4.69) is 65.1 Å². The highest BCUT2D eigenvalue weighted by molar-refractivity contribution is 5.93. The predicted molar refractivity (Wildman–Crippen MR) is 120 cm³/mol. The first kappa shape index (κ1) is 20.7. The van der Waals surface area contributed by atoms with Crippen molar-refractivity contribution >= 4 is 22.7 Å². The number of hydrogen-bond donors (Lipinski definition) is 1. The first-order chi connectivity index (χ1) is 14.5. The Balaban J connectivity index is 1.43. The van der Waals surface area contributed by atoms with Crippen molar-refractivity contribution in [3.8, 4) is 0 Å². The molecule has 6 heteroatoms. The van der Waals surface area contributed by atoms with E-state index in [0.717, 1.165) is 44.4 Å². The van der Waals surface area contributed by atoms with Gasteiger partial charge in [-0.25, -0.2) is 4.98 Å². The van der Waals surface area contributed by atoms with Crippen LogP contribution in [0.2, 0.25) is 0 Å². The molecule has 0 spiro atoms. The van der Waals surface area contributed by atoms with Crippen LogP contribution in [0.5, 0.6) is 0 Å². The number of rotatable bonds is 8. The molecule has 0 aliphatic carbocycles. The molecule has 1 aliphatic rings. The quantitative estimate of drug-likeness (QED) is 0.555. The van der Waals surface area contributed by atoms with Crippen LogP contribution in [0.3, 0.4) is 0 Å². The van der Waals surface area contributed by atoms with Crippen molar-refractivity contribution in [1.82, 2.24) is 14.9 Å². The van der Waals surface area contributed by atoms with E-state index in [4.69, 9.17) is 4.42 Å². The van der Waals surface area contributed by atoms with Gasteiger partial charge < -0.3 is 19.2 Å². The Morgan fingerprint density at radius 3 is 2.97 bits per heavy atom. The number of anilines is 1. The van der Waals surface area contributed by atoms with Crippen LogP contribution >= 0.6 is 0 Å². The number of benzene rings is 1. The SMILES string of the molecule is CCCC(CC(=O)c1cnc(N2CCN(C)C(C)C2)o1)Cc1c[nH]c2ccccc12. The molecule has 30 heavy (non-hydrogen) atoms. The normalized spacial score (nSPS) is 18.8. The van der Waals surface area contributed by atoms with E-state index < -0.39 is 0 Å². The highest BCUT2D eigenvalue weighted by Crippen LogP contribution is 2.26. The standard InChI is InChI=1S/C24H32N4O2/c1-4-7-18(12-19-14-25-21-9-6-5-8-20(19)21)13-22(29)23-15-26-24(30-23)28-11-10-27(3)17(2)16-28/h5-6,8-9,14-15,17-18,25H,4,7,10-13,16H2,1-3H3. The van der Waals surface area contributed by atoms with E-state index in [1.807, 2.05) is 6.07 Å². The molecule has 0 amide bonds. The second-order valence-electron chi connectivity index (χ2n) is 8.63. The lowest BCUT2D eigenvalue weighted by Gasteiger charge is -2.36. The monoisotopic (exact) mass is 408 g/mol. The van der Waals surface area contributed by atoms with Crippen LogP contribution in [0, 0.1) is 5.92 Å². The fourth-order valence-electron chi connectivity index (χ4n) is 4.42. The van der Waals surface area contributed by atoms with Gasteiger partial charge in [-0.15, -0.1) is 0 Å². The summed E-state index contributed by atoms with van der Waals surface area (Å²) in [6.45, 7) is 7.07. The Morgan fingerprint density at radius 1 is 1.33 bits per heavy atom. The zero-order valence-electron chi connectivity index (χ0n) is 18.2. The zero-order valence-corrected chi connectivity index (χ0v) is 18.2. The predicted octanol–water partition coefficient (Wildman–Crippen LogP) is 4.53. The van der Waals surface area contributed by atoms with Crippen LogP contribution in [0.15, 0.2) is 41.1 Å². The third kappa shape index (κ3) is 4.43. The second kappa shape index (κ2) is 9.04. The van der Waals surface area contributed by atoms with Gasteiger partial charge in [0.05, 0.1) is 6.20 Å². The van der Waals surface area contributed by atoms with Crippen molar-refractivity contribution in [2.45, 2.75) is 45.6 Å². The fourth-order valence-corrected chi connectivity index (χ4v) is 4.42. The lowest BCUT2D eigenvalue weighted by molar-refractivity contribution is 0.0931. The maximum Gasteiger partial charge on any atom is 0.297 e. The molecule has 2 unspecified atom stereocenters. The number of H-pyrrole nitrogens is 1. The number of piperazine rings is 1. The molecule has 2 aromatic heterocycles. The van der Waals surface area contributed by atoms with Crippen LogP contribution < -0.4 is 4.90 Å². The van der Waals surface area contributed by atoms with Gasteiger partial charge in [0.2, 0.25) is 0 Å². The number of nitrogens with one attached hydrogen (secondary N) is 1. The van der Waals surface area contributed by atoms with Crippen LogP contribution in [0.25, 0.3) is 10.9 Å². The first-order valence-corrected chi connectivity index (χ1v) is 11.0. The van der Waals surface area contributed by atoms with Crippen LogP contribution in [0.1, 0.15) is 49.2 Å². The summed E-state index contributed by atoms with van der Waals surface area (Å²) in [5.41, 5.74) is 2.43. The van der Waals surface area contributed by atoms with Crippen molar-refractivity contribution in [2.24, 2.45) is 5.92 Å². The highest BCUT2D eigenvalue weighted by Gasteiger charge is 2.25. The number of hydrogen-bond acceptors (Lipinski definition) is 5. The van der Waals surface area contributed by atoms with E-state index in [0.29, 0.717) is 30.2 Å². The van der Waals surface area contributed by atoms with Gasteiger partial charge in [-0.1, -0.05) is 31.5 Å². The second-order valence-corrected chi connectivity index (χ2v) is 8.63. The Labute approximate surface area is 178 Å². The molecule has 0 bridgehead atoms. The topological polar surface area (TPSA) is 65.4 Å². The summed E-state index contributed by atoms with van der Waals surface area (Å²) >= 11 is 0. The molecule has 1 aliphatic heterocycles. The summed E-state index contributed by atoms with van der Waals surface area (Å²) in [5.74, 6) is 0.727. The lowest BCUT2D eigenvalue weighted by atomic mass is 9.90. The average Bonchev–Trinajstić information content (AvgIpc) is 3.38. The van der Waals surface area contributed by atoms with Crippen molar-refractivity contribution in [1.29, 1.82) is 0 Å². The zero-order chi connectivity index (χ0) is 21.1. The van der Waals surface area contributed by atoms with Gasteiger partial charge in [0.1, 0.15) is 0 Å². The average molecular weight is 409 g/mol. The van der Waals surface area contributed by atoms with E-state index in [1.54, 1.807) is 6.20 Å². The largest absolute Gasteiger partial charge is 0.420 e. The van der Waals surface area contributed by atoms with Crippen molar-refractivity contribution in [3.63, 3.8) is 0 Å². The molecule has 1 saturated heterocycles. The molecule has 4 rings (SSSR count). The molecule has 2 atom stereocenters. The Morgan fingerprint density at radius 2 is 2.17 bits per heavy atom. The molecular weight excluding hydrogens is 376 g/mol. The number of carbonyl (C=O) groups is 1. The smallest absolute Gasteiger partial charge is 0.297 e. The van der Waals surface area contributed by atoms with E-state index in [1.165, 1.54) is 10.9 Å². The number of nitrogens with zero attached hydrogens (tertiary/aromatic N) is 3. The molecule has 6 nitrogen and oxygen atoms in total. The highest BCUT2D eigenvalue weighted by atomic mass is 16.4. The van der Waals surface area contributed by atoms with Gasteiger partial charge in [-0.2, -0.15) is 0 Å². The lowest BCUT2D eigenvalue weighted by Crippen LogP contribution is -2.50. The summed E-state index contributed by atoms with van der Waals surface area (Å²) in [4.78, 5) is 25.2. The molecule has 160 valence electrons. The number of ketones is 1. The summed E-state index contributed by atoms with van der Waals surface area (Å²) in [6, 6.07) is 9.35. The first-order valence-electron chi connectivity index (χ1n) is 11.0. The van der Waals surface area contributed by atoms with Gasteiger partial charge in [-0.05, 0) is 44.4 Å². The third-order valence-corrected chi connectivity index (χ3v) is 6.35. The Hall–Kier alpha value is -2.60. The molecule has 0 saturated carbocycles. The van der Waals surface area contributed by atoms with Crippen LogP contribution in [-0.2, 0) is 6.42 Å². The van der Waals surface area contributed by atoms with Crippen molar-refractivity contribution in [2.75, 3.05) is 31.6 Å². The summed E-state index contributed by atoms with van der Waals surface area (Å²) in [6.07, 6.45) is 7.14. The van der Waals surface area contributed by atoms with Gasteiger partial charge in [0.25, 0.3) is 6.01 Å². The summed E-state index contributed by atoms with van der Waals surface area (Å²) < 4.78 is 5.89. The maximum atomic E-state index is 13.0. The minimum atomic E-state index is 0.0502. The number of carbonyl (C=O) groups excluding carboxylic acids is 1.